The molecule has 5 atom stereocenters. The number of carbonyl (C=O) groups is 3. The van der Waals surface area contributed by atoms with E-state index in [4.69, 9.17) is 4.74 Å². The minimum Gasteiger partial charge on any atom is -0.496 e. The Bertz CT molecular complexity index is 1150. The lowest BCUT2D eigenvalue weighted by Crippen LogP contribution is -2.54. The van der Waals surface area contributed by atoms with Crippen molar-refractivity contribution in [3.05, 3.63) is 30.0 Å². The molecule has 2 saturated heterocycles. The van der Waals surface area contributed by atoms with E-state index in [0.717, 1.165) is 30.2 Å². The van der Waals surface area contributed by atoms with Gasteiger partial charge in [0.2, 0.25) is 11.8 Å². The largest absolute Gasteiger partial charge is 0.496 e. The van der Waals surface area contributed by atoms with Crippen molar-refractivity contribution >= 4 is 28.6 Å². The minimum absolute atomic E-state index is 0.00713. The lowest BCUT2D eigenvalue weighted by Gasteiger charge is -2.34. The second kappa shape index (κ2) is 8.43. The number of likely N-dealkylation sites (tertiary alicyclic amines) is 1. The van der Waals surface area contributed by atoms with Crippen molar-refractivity contribution in [2.24, 2.45) is 11.8 Å². The maximum Gasteiger partial charge on any atom is 0.271 e. The van der Waals surface area contributed by atoms with Crippen LogP contribution in [0.1, 0.15) is 42.6 Å². The van der Waals surface area contributed by atoms with Gasteiger partial charge in [-0.2, -0.15) is 5.26 Å². The Morgan fingerprint density at radius 3 is 2.91 bits per heavy atom. The highest BCUT2D eigenvalue weighted by Crippen LogP contribution is 2.43. The highest BCUT2D eigenvalue weighted by atomic mass is 16.5. The highest BCUT2D eigenvalue weighted by Gasteiger charge is 2.52. The predicted octanol–water partition coefficient (Wildman–Crippen LogP) is 1.70. The van der Waals surface area contributed by atoms with Crippen molar-refractivity contribution in [2.45, 2.75) is 50.2 Å². The first kappa shape index (κ1) is 21.3. The van der Waals surface area contributed by atoms with E-state index >= 15 is 0 Å². The Hall–Kier alpha value is -3.54. The number of hydrogen-bond acceptors (Lipinski definition) is 5. The van der Waals surface area contributed by atoms with E-state index in [2.05, 4.69) is 21.7 Å². The van der Waals surface area contributed by atoms with Crippen molar-refractivity contribution < 1.29 is 19.1 Å². The van der Waals surface area contributed by atoms with E-state index < -0.39 is 12.1 Å². The predicted molar refractivity (Wildman–Crippen MR) is 119 cm³/mol. The highest BCUT2D eigenvalue weighted by molar-refractivity contribution is 6.02. The SMILES string of the molecule is COc1cccc2[nH]c(C(=O)N3[C@@H]4CC[C@@H](C4)[C@H]3C(=O)N[C@H](C#N)C[C@@H]3CCNC3=O)cc12. The van der Waals surface area contributed by atoms with Gasteiger partial charge < -0.3 is 25.3 Å². The van der Waals surface area contributed by atoms with Gasteiger partial charge in [-0.05, 0) is 56.2 Å². The van der Waals surface area contributed by atoms with Gasteiger partial charge in [0.25, 0.3) is 5.91 Å². The maximum absolute atomic E-state index is 13.6. The second-order valence-electron chi connectivity index (χ2n) is 9.19. The van der Waals surface area contributed by atoms with Crippen LogP contribution in [0.4, 0.5) is 0 Å². The molecule has 5 rings (SSSR count). The van der Waals surface area contributed by atoms with Crippen LogP contribution in [0, 0.1) is 23.2 Å². The molecule has 9 nitrogen and oxygen atoms in total. The van der Waals surface area contributed by atoms with Crippen LogP contribution in [0.15, 0.2) is 24.3 Å². The van der Waals surface area contributed by atoms with Crippen LogP contribution in [-0.2, 0) is 9.59 Å². The molecular formula is C24H27N5O4. The van der Waals surface area contributed by atoms with E-state index in [1.54, 1.807) is 18.1 Å². The van der Waals surface area contributed by atoms with Crippen LogP contribution in [0.25, 0.3) is 10.9 Å². The van der Waals surface area contributed by atoms with Crippen molar-refractivity contribution in [3.8, 4) is 11.8 Å². The van der Waals surface area contributed by atoms with Crippen LogP contribution in [0.3, 0.4) is 0 Å². The van der Waals surface area contributed by atoms with Crippen molar-refractivity contribution in [2.75, 3.05) is 13.7 Å². The summed E-state index contributed by atoms with van der Waals surface area (Å²) in [5.74, 6) is -0.122. The van der Waals surface area contributed by atoms with E-state index in [-0.39, 0.29) is 42.0 Å². The number of rotatable bonds is 6. The van der Waals surface area contributed by atoms with Gasteiger partial charge in [-0.25, -0.2) is 0 Å². The van der Waals surface area contributed by atoms with Crippen LogP contribution in [0.5, 0.6) is 5.75 Å². The summed E-state index contributed by atoms with van der Waals surface area (Å²) >= 11 is 0. The average molecular weight is 450 g/mol. The molecule has 2 aromatic rings. The molecule has 2 bridgehead atoms. The summed E-state index contributed by atoms with van der Waals surface area (Å²) in [6, 6.07) is 8.09. The first-order valence-corrected chi connectivity index (χ1v) is 11.5. The molecule has 33 heavy (non-hydrogen) atoms. The standard InChI is InChI=1S/C24H27N5O4/c1-33-20-4-2-3-18-17(20)11-19(28-18)24(32)29-16-6-5-13(10-16)21(29)23(31)27-15(12-25)9-14-7-8-26-22(14)30/h2-4,11,13-16,21,28H,5-10H2,1H3,(H,26,30)(H,27,31)/t13-,14-,15-,16+,21-/m0/s1. The van der Waals surface area contributed by atoms with Gasteiger partial charge in [-0.15, -0.1) is 0 Å². The van der Waals surface area contributed by atoms with Gasteiger partial charge in [-0.1, -0.05) is 6.07 Å². The second-order valence-corrected chi connectivity index (χ2v) is 9.19. The lowest BCUT2D eigenvalue weighted by atomic mass is 9.95. The normalized spacial score (nSPS) is 26.8. The zero-order valence-corrected chi connectivity index (χ0v) is 18.5. The summed E-state index contributed by atoms with van der Waals surface area (Å²) in [5, 5.41) is 16.0. The third kappa shape index (κ3) is 3.69. The van der Waals surface area contributed by atoms with Gasteiger partial charge in [0, 0.05) is 29.4 Å². The number of amides is 3. The van der Waals surface area contributed by atoms with Gasteiger partial charge in [0.05, 0.1) is 13.2 Å². The minimum atomic E-state index is -0.764. The quantitative estimate of drug-likeness (QED) is 0.619. The molecule has 0 spiro atoms. The molecule has 0 unspecified atom stereocenters. The number of aromatic nitrogens is 1. The Morgan fingerprint density at radius 1 is 1.33 bits per heavy atom. The molecule has 3 aliphatic rings. The summed E-state index contributed by atoms with van der Waals surface area (Å²) < 4.78 is 5.40. The number of hydrogen-bond donors (Lipinski definition) is 3. The van der Waals surface area contributed by atoms with Gasteiger partial charge >= 0.3 is 0 Å². The Morgan fingerprint density at radius 2 is 2.18 bits per heavy atom. The molecule has 172 valence electrons. The molecular weight excluding hydrogens is 422 g/mol. The number of ether oxygens (including phenoxy) is 1. The monoisotopic (exact) mass is 449 g/mol. The number of carbonyl (C=O) groups excluding carboxylic acids is 3. The molecule has 0 radical (unpaired) electrons. The van der Waals surface area contributed by atoms with Crippen molar-refractivity contribution in [1.29, 1.82) is 5.26 Å². The number of methoxy groups -OCH3 is 1. The van der Waals surface area contributed by atoms with E-state index in [0.29, 0.717) is 24.4 Å². The smallest absolute Gasteiger partial charge is 0.271 e. The fourth-order valence-electron chi connectivity index (χ4n) is 5.73. The molecule has 1 aliphatic carbocycles. The van der Waals surface area contributed by atoms with Crippen molar-refractivity contribution in [1.82, 2.24) is 20.5 Å². The Labute approximate surface area is 191 Å². The molecule has 3 N–H and O–H groups in total. The zero-order valence-electron chi connectivity index (χ0n) is 18.5. The number of nitrogens with zero attached hydrogens (tertiary/aromatic N) is 2. The first-order valence-electron chi connectivity index (χ1n) is 11.5. The molecule has 2 aliphatic heterocycles. The zero-order chi connectivity index (χ0) is 23.1. The number of nitriles is 1. The molecule has 1 aromatic heterocycles. The Kier molecular flexibility index (Phi) is 5.44. The summed E-state index contributed by atoms with van der Waals surface area (Å²) in [4.78, 5) is 43.6. The third-order valence-electron chi connectivity index (χ3n) is 7.32. The molecule has 1 aromatic carbocycles. The number of fused-ring (bicyclic) bond motifs is 3. The number of nitrogens with one attached hydrogen (secondary N) is 3. The third-order valence-corrected chi connectivity index (χ3v) is 7.32. The molecule has 3 fully saturated rings. The molecule has 3 amide bonds. The number of aromatic amines is 1. The maximum atomic E-state index is 13.6. The summed E-state index contributed by atoms with van der Waals surface area (Å²) in [6.45, 7) is 0.597. The summed E-state index contributed by atoms with van der Waals surface area (Å²) in [7, 11) is 1.59. The number of benzene rings is 1. The lowest BCUT2D eigenvalue weighted by molar-refractivity contribution is -0.128. The van der Waals surface area contributed by atoms with Crippen molar-refractivity contribution in [3.63, 3.8) is 0 Å². The number of H-pyrrole nitrogens is 1. The molecule has 1 saturated carbocycles. The van der Waals surface area contributed by atoms with Crippen LogP contribution < -0.4 is 15.4 Å². The Balaban J connectivity index is 1.36. The van der Waals surface area contributed by atoms with E-state index in [9.17, 15) is 19.6 Å². The molecule has 3 heterocycles. The molecule has 9 heteroatoms. The van der Waals surface area contributed by atoms with E-state index in [1.165, 1.54) is 0 Å². The topological polar surface area (TPSA) is 127 Å². The van der Waals surface area contributed by atoms with Crippen LogP contribution in [-0.4, -0.2) is 59.4 Å². The first-order chi connectivity index (χ1) is 16.0. The fourth-order valence-corrected chi connectivity index (χ4v) is 5.73. The summed E-state index contributed by atoms with van der Waals surface area (Å²) in [5.41, 5.74) is 1.21. The van der Waals surface area contributed by atoms with Gasteiger partial charge in [-0.3, -0.25) is 14.4 Å². The summed E-state index contributed by atoms with van der Waals surface area (Å²) in [6.07, 6.45) is 3.48. The fraction of sp³-hybridized carbons (Fsp3) is 0.500. The van der Waals surface area contributed by atoms with Crippen LogP contribution in [0.2, 0.25) is 0 Å². The van der Waals surface area contributed by atoms with Gasteiger partial charge in [0.1, 0.15) is 23.5 Å². The van der Waals surface area contributed by atoms with Crippen LogP contribution >= 0.6 is 0 Å². The number of piperidine rings is 1. The van der Waals surface area contributed by atoms with Gasteiger partial charge in [0.15, 0.2) is 0 Å². The average Bonchev–Trinajstić information content (AvgIpc) is 3.61. The van der Waals surface area contributed by atoms with E-state index in [1.807, 2.05) is 18.2 Å².